The maximum Gasteiger partial charge on any atom is 0.177 e. The molecule has 1 aliphatic carbocycles. The minimum atomic E-state index is -0.440. The molecule has 2 aliphatic rings. The lowest BCUT2D eigenvalue weighted by Crippen LogP contribution is -2.45. The summed E-state index contributed by atoms with van der Waals surface area (Å²) in [5, 5.41) is 5.21. The van der Waals surface area contributed by atoms with Gasteiger partial charge in [-0.05, 0) is 63.6 Å². The first-order chi connectivity index (χ1) is 14.8. The number of fused-ring (bicyclic) bond motifs is 4. The van der Waals surface area contributed by atoms with Crippen molar-refractivity contribution in [2.75, 3.05) is 13.7 Å². The van der Waals surface area contributed by atoms with Crippen LogP contribution in [0.5, 0.6) is 0 Å². The third-order valence-electron chi connectivity index (χ3n) is 7.55. The van der Waals surface area contributed by atoms with Crippen molar-refractivity contribution in [3.05, 3.63) is 84.4 Å². The molecule has 4 aromatic rings. The second-order valence-electron chi connectivity index (χ2n) is 8.76. The molecule has 2 nitrogen and oxygen atoms in total. The van der Waals surface area contributed by atoms with Gasteiger partial charge in [-0.1, -0.05) is 72.8 Å². The van der Waals surface area contributed by atoms with E-state index in [-0.39, 0.29) is 5.41 Å². The van der Waals surface area contributed by atoms with E-state index in [1.165, 1.54) is 38.2 Å². The Morgan fingerprint density at radius 1 is 0.767 bits per heavy atom. The van der Waals surface area contributed by atoms with Gasteiger partial charge in [0.05, 0.1) is 12.0 Å². The van der Waals surface area contributed by atoms with Crippen LogP contribution in [-0.2, 0) is 14.9 Å². The molecule has 6 rings (SSSR count). The van der Waals surface area contributed by atoms with Crippen LogP contribution in [0.25, 0.3) is 32.7 Å². The van der Waals surface area contributed by atoms with Gasteiger partial charge in [0.1, 0.15) is 0 Å². The largest absolute Gasteiger partial charge is 0.352 e. The molecule has 2 fully saturated rings. The van der Waals surface area contributed by atoms with Gasteiger partial charge in [-0.3, -0.25) is 0 Å². The van der Waals surface area contributed by atoms with E-state index in [0.717, 1.165) is 32.3 Å². The van der Waals surface area contributed by atoms with Crippen LogP contribution in [0.3, 0.4) is 0 Å². The van der Waals surface area contributed by atoms with Crippen molar-refractivity contribution >= 4 is 21.5 Å². The fraction of sp³-hybridized carbons (Fsp3) is 0.286. The molecule has 1 saturated heterocycles. The molecule has 0 unspecified atom stereocenters. The first-order valence-corrected chi connectivity index (χ1v) is 11.0. The highest BCUT2D eigenvalue weighted by Gasteiger charge is 2.60. The Morgan fingerprint density at radius 3 is 2.30 bits per heavy atom. The van der Waals surface area contributed by atoms with Crippen molar-refractivity contribution in [1.82, 2.24) is 0 Å². The maximum absolute atomic E-state index is 6.17. The Kier molecular flexibility index (Phi) is 4.02. The van der Waals surface area contributed by atoms with Gasteiger partial charge in [0, 0.05) is 13.5 Å². The van der Waals surface area contributed by atoms with E-state index in [1.54, 1.807) is 7.11 Å². The number of hydrogen-bond acceptors (Lipinski definition) is 2. The summed E-state index contributed by atoms with van der Waals surface area (Å²) in [7, 11) is 1.81. The average Bonchev–Trinajstić information content (AvgIpc) is 3.35. The van der Waals surface area contributed by atoms with E-state index in [9.17, 15) is 0 Å². The maximum atomic E-state index is 6.17. The van der Waals surface area contributed by atoms with Crippen LogP contribution < -0.4 is 0 Å². The SMILES string of the molecule is CO[C@@]12CCC[C@]1(c1ccc(-c3cc4ccccc4c4ccccc34)cc1)CCO2. The quantitative estimate of drug-likeness (QED) is 0.354. The van der Waals surface area contributed by atoms with Gasteiger partial charge in [-0.25, -0.2) is 0 Å². The molecule has 1 heterocycles. The molecule has 2 atom stereocenters. The highest BCUT2D eigenvalue weighted by molar-refractivity contribution is 6.13. The number of rotatable bonds is 3. The molecular weight excluding hydrogens is 368 g/mol. The fourth-order valence-electron chi connectivity index (χ4n) is 6.10. The standard InChI is InChI=1S/C28H26O2/c1-29-28-16-6-15-27(28,17-18-30-28)22-13-11-20(12-14-22)26-19-21-7-2-3-8-23(21)24-9-4-5-10-25(24)26/h2-5,7-14,19H,6,15-18H2,1H3/t27-,28-/m1/s1. The predicted molar refractivity (Wildman–Crippen MR) is 123 cm³/mol. The van der Waals surface area contributed by atoms with Gasteiger partial charge in [-0.15, -0.1) is 0 Å². The van der Waals surface area contributed by atoms with E-state index in [0.29, 0.717) is 0 Å². The lowest BCUT2D eigenvalue weighted by Gasteiger charge is -2.38. The molecule has 1 saturated carbocycles. The summed E-state index contributed by atoms with van der Waals surface area (Å²) in [6.07, 6.45) is 4.32. The van der Waals surface area contributed by atoms with E-state index >= 15 is 0 Å². The summed E-state index contributed by atoms with van der Waals surface area (Å²) in [5.74, 6) is -0.440. The van der Waals surface area contributed by atoms with Gasteiger partial charge < -0.3 is 9.47 Å². The Bertz CT molecular complexity index is 1230. The average molecular weight is 395 g/mol. The monoisotopic (exact) mass is 394 g/mol. The first kappa shape index (κ1) is 18.1. The predicted octanol–water partition coefficient (Wildman–Crippen LogP) is 6.84. The summed E-state index contributed by atoms with van der Waals surface area (Å²) in [4.78, 5) is 0. The molecule has 4 aromatic carbocycles. The van der Waals surface area contributed by atoms with Crippen LogP contribution in [0, 0.1) is 0 Å². The molecule has 0 aromatic heterocycles. The van der Waals surface area contributed by atoms with Crippen LogP contribution >= 0.6 is 0 Å². The molecule has 0 N–H and O–H groups in total. The second kappa shape index (κ2) is 6.66. The first-order valence-electron chi connectivity index (χ1n) is 11.0. The van der Waals surface area contributed by atoms with Gasteiger partial charge in [-0.2, -0.15) is 0 Å². The highest BCUT2D eigenvalue weighted by atomic mass is 16.7. The van der Waals surface area contributed by atoms with Crippen molar-refractivity contribution in [2.24, 2.45) is 0 Å². The lowest BCUT2D eigenvalue weighted by atomic mass is 9.74. The summed E-state index contributed by atoms with van der Waals surface area (Å²) in [5.41, 5.74) is 3.90. The minimum absolute atomic E-state index is 0.00820. The van der Waals surface area contributed by atoms with Gasteiger partial charge >= 0.3 is 0 Å². The Morgan fingerprint density at radius 2 is 1.50 bits per heavy atom. The van der Waals surface area contributed by atoms with E-state index in [2.05, 4.69) is 78.9 Å². The lowest BCUT2D eigenvalue weighted by molar-refractivity contribution is -0.213. The highest BCUT2D eigenvalue weighted by Crippen LogP contribution is 2.57. The second-order valence-corrected chi connectivity index (χ2v) is 8.76. The van der Waals surface area contributed by atoms with Gasteiger partial charge in [0.15, 0.2) is 5.79 Å². The normalized spacial score (nSPS) is 25.8. The molecule has 0 radical (unpaired) electrons. The van der Waals surface area contributed by atoms with Crippen molar-refractivity contribution in [3.8, 4) is 11.1 Å². The molecule has 150 valence electrons. The Labute approximate surface area is 177 Å². The summed E-state index contributed by atoms with van der Waals surface area (Å²) in [6.45, 7) is 0.783. The van der Waals surface area contributed by atoms with Crippen LogP contribution in [0.15, 0.2) is 78.9 Å². The zero-order valence-electron chi connectivity index (χ0n) is 17.4. The molecule has 2 heteroatoms. The molecule has 0 spiro atoms. The summed E-state index contributed by atoms with van der Waals surface area (Å²) >= 11 is 0. The topological polar surface area (TPSA) is 18.5 Å². The molecule has 1 aliphatic heterocycles. The molecule has 0 amide bonds. The molecule has 30 heavy (non-hydrogen) atoms. The van der Waals surface area contributed by atoms with Crippen molar-refractivity contribution < 1.29 is 9.47 Å². The van der Waals surface area contributed by atoms with Crippen LogP contribution in [0.4, 0.5) is 0 Å². The minimum Gasteiger partial charge on any atom is -0.352 e. The Hall–Kier alpha value is -2.68. The number of ether oxygens (including phenoxy) is 2. The number of benzene rings is 4. The van der Waals surface area contributed by atoms with E-state index < -0.39 is 5.79 Å². The summed E-state index contributed by atoms with van der Waals surface area (Å²) < 4.78 is 12.1. The summed E-state index contributed by atoms with van der Waals surface area (Å²) in [6, 6.07) is 28.9. The van der Waals surface area contributed by atoms with Crippen LogP contribution in [-0.4, -0.2) is 19.5 Å². The third kappa shape index (κ3) is 2.38. The number of methoxy groups -OCH3 is 1. The van der Waals surface area contributed by atoms with Crippen molar-refractivity contribution in [3.63, 3.8) is 0 Å². The zero-order chi connectivity index (χ0) is 20.2. The number of hydrogen-bond donors (Lipinski definition) is 0. The van der Waals surface area contributed by atoms with Gasteiger partial charge in [0.25, 0.3) is 0 Å². The van der Waals surface area contributed by atoms with Crippen molar-refractivity contribution in [1.29, 1.82) is 0 Å². The van der Waals surface area contributed by atoms with Crippen LogP contribution in [0.2, 0.25) is 0 Å². The van der Waals surface area contributed by atoms with E-state index in [4.69, 9.17) is 9.47 Å². The molecule has 0 bridgehead atoms. The fourth-order valence-corrected chi connectivity index (χ4v) is 6.10. The smallest absolute Gasteiger partial charge is 0.177 e. The van der Waals surface area contributed by atoms with E-state index in [1.807, 2.05) is 0 Å². The Balaban J connectivity index is 1.49. The third-order valence-corrected chi connectivity index (χ3v) is 7.55. The van der Waals surface area contributed by atoms with Crippen LogP contribution in [0.1, 0.15) is 31.2 Å². The zero-order valence-corrected chi connectivity index (χ0v) is 17.4. The molecular formula is C28H26O2. The van der Waals surface area contributed by atoms with Crippen molar-refractivity contribution in [2.45, 2.75) is 36.9 Å². The van der Waals surface area contributed by atoms with Gasteiger partial charge in [0.2, 0.25) is 0 Å².